The molecule has 1 atom stereocenters. The molecule has 1 amide bonds. The van der Waals surface area contributed by atoms with Crippen LogP contribution in [0.1, 0.15) is 34.9 Å². The van der Waals surface area contributed by atoms with Gasteiger partial charge in [0.1, 0.15) is 0 Å². The molecule has 8 nitrogen and oxygen atoms in total. The topological polar surface area (TPSA) is 116 Å². The molecule has 4 rings (SSSR count). The summed E-state index contributed by atoms with van der Waals surface area (Å²) in [5.74, 6) is -1.58. The van der Waals surface area contributed by atoms with Gasteiger partial charge in [0.15, 0.2) is 6.10 Å². The van der Waals surface area contributed by atoms with Gasteiger partial charge in [0, 0.05) is 40.8 Å². The van der Waals surface area contributed by atoms with Gasteiger partial charge in [-0.25, -0.2) is 0 Å². The number of hydrogen-bond acceptors (Lipinski definition) is 6. The van der Waals surface area contributed by atoms with E-state index >= 15 is 0 Å². The summed E-state index contributed by atoms with van der Waals surface area (Å²) in [7, 11) is 0. The number of ether oxygens (including phenoxy) is 1. The van der Waals surface area contributed by atoms with Crippen LogP contribution in [0.3, 0.4) is 0 Å². The summed E-state index contributed by atoms with van der Waals surface area (Å²) in [5.41, 5.74) is 1.10. The predicted octanol–water partition coefficient (Wildman–Crippen LogP) is 5.63. The molecule has 4 aromatic rings. The highest BCUT2D eigenvalue weighted by Gasteiger charge is 2.27. The number of non-ortho nitro benzene ring substituents is 1. The number of fused-ring (bicyclic) bond motifs is 1. The summed E-state index contributed by atoms with van der Waals surface area (Å²) in [5, 5.41) is 15.6. The van der Waals surface area contributed by atoms with Crippen LogP contribution < -0.4 is 5.32 Å². The molecule has 0 heterocycles. The molecule has 0 aliphatic heterocycles. The quantitative estimate of drug-likeness (QED) is 0.143. The molecule has 1 N–H and O–H groups in total. The molecule has 0 aliphatic rings. The van der Waals surface area contributed by atoms with E-state index in [-0.39, 0.29) is 24.4 Å². The van der Waals surface area contributed by atoms with Crippen LogP contribution in [0.25, 0.3) is 10.8 Å². The first-order valence-corrected chi connectivity index (χ1v) is 11.2. The molecule has 180 valence electrons. The third-order valence-electron chi connectivity index (χ3n) is 5.57. The monoisotopic (exact) mass is 482 g/mol. The van der Waals surface area contributed by atoms with Crippen LogP contribution in [0.15, 0.2) is 97.1 Å². The van der Waals surface area contributed by atoms with Crippen LogP contribution in [0.2, 0.25) is 0 Å². The van der Waals surface area contributed by atoms with E-state index in [0.29, 0.717) is 16.8 Å². The average molecular weight is 482 g/mol. The van der Waals surface area contributed by atoms with Gasteiger partial charge >= 0.3 is 5.97 Å². The van der Waals surface area contributed by atoms with Crippen LogP contribution in [0, 0.1) is 10.1 Å². The fourth-order valence-corrected chi connectivity index (χ4v) is 3.75. The molecular weight excluding hydrogens is 460 g/mol. The third-order valence-corrected chi connectivity index (χ3v) is 5.57. The van der Waals surface area contributed by atoms with E-state index in [2.05, 4.69) is 5.32 Å². The number of ketones is 1. The number of nitrogens with zero attached hydrogens (tertiary/aromatic N) is 1. The zero-order valence-corrected chi connectivity index (χ0v) is 19.1. The number of esters is 1. The van der Waals surface area contributed by atoms with Crippen molar-refractivity contribution in [1.29, 1.82) is 0 Å². The normalized spacial score (nSPS) is 11.4. The van der Waals surface area contributed by atoms with Crippen molar-refractivity contribution >= 4 is 39.8 Å². The number of anilines is 1. The van der Waals surface area contributed by atoms with E-state index in [0.717, 1.165) is 10.8 Å². The lowest BCUT2D eigenvalue weighted by atomic mass is 9.99. The molecule has 4 aromatic carbocycles. The molecule has 0 radical (unpaired) electrons. The van der Waals surface area contributed by atoms with E-state index < -0.39 is 22.8 Å². The van der Waals surface area contributed by atoms with E-state index in [9.17, 15) is 24.5 Å². The van der Waals surface area contributed by atoms with Gasteiger partial charge in [-0.3, -0.25) is 24.5 Å². The second-order valence-electron chi connectivity index (χ2n) is 8.02. The second-order valence-corrected chi connectivity index (χ2v) is 8.02. The second kappa shape index (κ2) is 11.1. The van der Waals surface area contributed by atoms with Crippen molar-refractivity contribution in [2.24, 2.45) is 0 Å². The first-order valence-electron chi connectivity index (χ1n) is 11.2. The van der Waals surface area contributed by atoms with E-state index in [4.69, 9.17) is 4.74 Å². The lowest BCUT2D eigenvalue weighted by Crippen LogP contribution is -2.21. The van der Waals surface area contributed by atoms with E-state index in [1.165, 1.54) is 24.3 Å². The molecule has 0 aromatic heterocycles. The summed E-state index contributed by atoms with van der Waals surface area (Å²) in [6.45, 7) is 0. The van der Waals surface area contributed by atoms with Crippen molar-refractivity contribution in [1.82, 2.24) is 0 Å². The molecule has 0 unspecified atom stereocenters. The zero-order chi connectivity index (χ0) is 25.5. The Morgan fingerprint density at radius 2 is 1.47 bits per heavy atom. The first kappa shape index (κ1) is 24.3. The smallest absolute Gasteiger partial charge is 0.307 e. The number of nitro groups is 1. The van der Waals surface area contributed by atoms with Crippen molar-refractivity contribution in [2.75, 3.05) is 5.32 Å². The Balaban J connectivity index is 1.45. The number of benzene rings is 4. The molecule has 0 aliphatic carbocycles. The van der Waals surface area contributed by atoms with Crippen LogP contribution in [-0.4, -0.2) is 22.6 Å². The van der Waals surface area contributed by atoms with Gasteiger partial charge in [-0.1, -0.05) is 66.7 Å². The first-order chi connectivity index (χ1) is 17.4. The van der Waals surface area contributed by atoms with Crippen molar-refractivity contribution < 1.29 is 24.0 Å². The Morgan fingerprint density at radius 3 is 2.19 bits per heavy atom. The van der Waals surface area contributed by atoms with Gasteiger partial charge in [0.05, 0.1) is 11.3 Å². The summed E-state index contributed by atoms with van der Waals surface area (Å²) in [6, 6.07) is 26.7. The molecule has 36 heavy (non-hydrogen) atoms. The number of carbonyl (C=O) groups is 3. The minimum absolute atomic E-state index is 0.144. The summed E-state index contributed by atoms with van der Waals surface area (Å²) in [4.78, 5) is 48.7. The lowest BCUT2D eigenvalue weighted by Gasteiger charge is -2.17. The van der Waals surface area contributed by atoms with Crippen molar-refractivity contribution in [3.05, 3.63) is 118 Å². The highest BCUT2D eigenvalue weighted by molar-refractivity contribution is 6.03. The zero-order valence-electron chi connectivity index (χ0n) is 19.1. The van der Waals surface area contributed by atoms with Crippen LogP contribution in [0.4, 0.5) is 11.4 Å². The SMILES string of the molecule is O=C(CCC(=O)O[C@H](C(=O)c1ccccc1)c1ccc([N+](=O)[O-])cc1)Nc1cccc2ccccc12. The third kappa shape index (κ3) is 5.79. The van der Waals surface area contributed by atoms with Crippen LogP contribution in [0.5, 0.6) is 0 Å². The maximum Gasteiger partial charge on any atom is 0.307 e. The predicted molar refractivity (Wildman–Crippen MR) is 135 cm³/mol. The maximum atomic E-state index is 13.1. The van der Waals surface area contributed by atoms with Crippen molar-refractivity contribution in [3.63, 3.8) is 0 Å². The molecule has 0 fully saturated rings. The van der Waals surface area contributed by atoms with Gasteiger partial charge in [-0.2, -0.15) is 0 Å². The minimum atomic E-state index is -1.30. The Kier molecular flexibility index (Phi) is 7.45. The van der Waals surface area contributed by atoms with Crippen LogP contribution >= 0.6 is 0 Å². The highest BCUT2D eigenvalue weighted by atomic mass is 16.6. The van der Waals surface area contributed by atoms with Gasteiger partial charge in [0.2, 0.25) is 11.7 Å². The Morgan fingerprint density at radius 1 is 0.806 bits per heavy atom. The standard InChI is InChI=1S/C28H22N2O6/c31-25(29-24-12-6-10-19-7-4-5-11-23(19)24)17-18-26(32)36-28(27(33)20-8-2-1-3-9-20)21-13-15-22(16-14-21)30(34)35/h1-16,28H,17-18H2,(H,29,31)/t28-/m0/s1. The summed E-state index contributed by atoms with van der Waals surface area (Å²) >= 11 is 0. The molecular formula is C28H22N2O6. The number of carbonyl (C=O) groups excluding carboxylic acids is 3. The van der Waals surface area contributed by atoms with Gasteiger partial charge in [-0.15, -0.1) is 0 Å². The largest absolute Gasteiger partial charge is 0.449 e. The Bertz CT molecular complexity index is 1410. The van der Waals surface area contributed by atoms with Gasteiger partial charge in [0.25, 0.3) is 5.69 Å². The van der Waals surface area contributed by atoms with Crippen LogP contribution in [-0.2, 0) is 14.3 Å². The van der Waals surface area contributed by atoms with E-state index in [1.54, 1.807) is 36.4 Å². The number of nitrogens with one attached hydrogen (secondary N) is 1. The number of rotatable bonds is 9. The molecule has 0 saturated carbocycles. The molecule has 8 heteroatoms. The van der Waals surface area contributed by atoms with Crippen molar-refractivity contribution in [2.45, 2.75) is 18.9 Å². The maximum absolute atomic E-state index is 13.1. The summed E-state index contributed by atoms with van der Waals surface area (Å²) < 4.78 is 5.49. The number of amides is 1. The fraction of sp³-hybridized carbons (Fsp3) is 0.107. The van der Waals surface area contributed by atoms with Gasteiger partial charge < -0.3 is 10.1 Å². The summed E-state index contributed by atoms with van der Waals surface area (Å²) in [6.07, 6.45) is -1.70. The number of hydrogen-bond donors (Lipinski definition) is 1. The molecule has 0 bridgehead atoms. The average Bonchev–Trinajstić information content (AvgIpc) is 2.91. The van der Waals surface area contributed by atoms with Crippen molar-refractivity contribution in [3.8, 4) is 0 Å². The highest BCUT2D eigenvalue weighted by Crippen LogP contribution is 2.26. The number of nitro benzene ring substituents is 1. The van der Waals surface area contributed by atoms with Gasteiger partial charge in [-0.05, 0) is 23.6 Å². The molecule has 0 spiro atoms. The molecule has 0 saturated heterocycles. The Labute approximate surface area is 206 Å². The number of Topliss-reactive ketones (excluding diaryl/α,β-unsaturated/α-hetero) is 1. The fourth-order valence-electron chi connectivity index (χ4n) is 3.75. The Hall–Kier alpha value is -4.85. The van der Waals surface area contributed by atoms with E-state index in [1.807, 2.05) is 36.4 Å². The lowest BCUT2D eigenvalue weighted by molar-refractivity contribution is -0.384. The minimum Gasteiger partial charge on any atom is -0.449 e.